The van der Waals surface area contributed by atoms with Gasteiger partial charge in [0, 0.05) is 10.6 Å². The molecule has 0 saturated heterocycles. The maximum atomic E-state index is 9.73. The smallest absolute Gasteiger partial charge is 0.119 e. The Hall–Kier alpha value is -3.54. The van der Waals surface area contributed by atoms with Gasteiger partial charge in [-0.3, -0.25) is 0 Å². The van der Waals surface area contributed by atoms with Gasteiger partial charge in [-0.05, 0) is 52.2 Å². The molecule has 4 aromatic rings. The lowest BCUT2D eigenvalue weighted by Crippen LogP contribution is -1.94. The van der Waals surface area contributed by atoms with Gasteiger partial charge in [-0.1, -0.05) is 78.3 Å². The number of ether oxygens (including phenoxy) is 1. The molecule has 4 rings (SSSR count). The number of hydrogen-bond acceptors (Lipinski definition) is 2. The third-order valence-corrected chi connectivity index (χ3v) is 4.96. The highest BCUT2D eigenvalue weighted by molar-refractivity contribution is 6.30. The lowest BCUT2D eigenvalue weighted by molar-refractivity contribution is 0.306. The minimum Gasteiger partial charge on any atom is -0.489 e. The molecule has 0 saturated carbocycles. The fraction of sp³-hybridized carbons (Fsp3) is 0.0385. The van der Waals surface area contributed by atoms with Crippen molar-refractivity contribution in [3.8, 4) is 11.8 Å². The summed E-state index contributed by atoms with van der Waals surface area (Å²) in [5.74, 6) is 0.778. The SMILES string of the molecule is N#C/C(=C/c1ccc(OCc2ccc(Cl)cc2)cc1)c1cccc2ccccc12. The molecule has 0 aliphatic heterocycles. The molecule has 140 valence electrons. The van der Waals surface area contributed by atoms with E-state index in [0.717, 1.165) is 33.2 Å². The number of allylic oxidation sites excluding steroid dienone is 1. The zero-order chi connectivity index (χ0) is 20.1. The molecule has 2 nitrogen and oxygen atoms in total. The molecule has 4 aromatic carbocycles. The molecule has 0 spiro atoms. The van der Waals surface area contributed by atoms with Gasteiger partial charge < -0.3 is 4.74 Å². The molecule has 3 heteroatoms. The third kappa shape index (κ3) is 4.48. The lowest BCUT2D eigenvalue weighted by Gasteiger charge is -2.08. The lowest BCUT2D eigenvalue weighted by atomic mass is 9.97. The van der Waals surface area contributed by atoms with Crippen LogP contribution in [-0.2, 0) is 6.61 Å². The van der Waals surface area contributed by atoms with Crippen molar-refractivity contribution in [2.75, 3.05) is 0 Å². The second-order valence-corrected chi connectivity index (χ2v) is 7.12. The van der Waals surface area contributed by atoms with Crippen molar-refractivity contribution in [2.45, 2.75) is 6.61 Å². The van der Waals surface area contributed by atoms with Gasteiger partial charge in [0.1, 0.15) is 12.4 Å². The molecule has 0 bridgehead atoms. The normalized spacial score (nSPS) is 11.2. The van der Waals surface area contributed by atoms with Crippen LogP contribution in [0.5, 0.6) is 5.75 Å². The Balaban J connectivity index is 1.54. The number of benzene rings is 4. The van der Waals surface area contributed by atoms with E-state index in [1.54, 1.807) is 0 Å². The van der Waals surface area contributed by atoms with Gasteiger partial charge in [0.25, 0.3) is 0 Å². The molecule has 0 atom stereocenters. The minimum atomic E-state index is 0.478. The average molecular weight is 396 g/mol. The van der Waals surface area contributed by atoms with Gasteiger partial charge in [0.2, 0.25) is 0 Å². The van der Waals surface area contributed by atoms with Crippen LogP contribution in [0.25, 0.3) is 22.4 Å². The van der Waals surface area contributed by atoms with Crippen molar-refractivity contribution in [3.63, 3.8) is 0 Å². The zero-order valence-corrected chi connectivity index (χ0v) is 16.4. The maximum Gasteiger partial charge on any atom is 0.119 e. The zero-order valence-electron chi connectivity index (χ0n) is 15.7. The van der Waals surface area contributed by atoms with Crippen LogP contribution in [0.4, 0.5) is 0 Å². The van der Waals surface area contributed by atoms with E-state index in [0.29, 0.717) is 17.2 Å². The first-order chi connectivity index (χ1) is 14.2. The van der Waals surface area contributed by atoms with Crippen LogP contribution < -0.4 is 4.74 Å². The Labute approximate surface area is 175 Å². The third-order valence-electron chi connectivity index (χ3n) is 4.71. The van der Waals surface area contributed by atoms with E-state index in [2.05, 4.69) is 18.2 Å². The Morgan fingerprint density at radius 2 is 1.59 bits per heavy atom. The van der Waals surface area contributed by atoms with Crippen molar-refractivity contribution in [2.24, 2.45) is 0 Å². The van der Waals surface area contributed by atoms with Crippen molar-refractivity contribution < 1.29 is 4.74 Å². The van der Waals surface area contributed by atoms with Gasteiger partial charge in [0.05, 0.1) is 11.6 Å². The highest BCUT2D eigenvalue weighted by atomic mass is 35.5. The molecule has 0 aliphatic rings. The van der Waals surface area contributed by atoms with Crippen LogP contribution in [0.2, 0.25) is 5.02 Å². The summed E-state index contributed by atoms with van der Waals surface area (Å²) in [6.45, 7) is 0.478. The first-order valence-corrected chi connectivity index (χ1v) is 9.68. The van der Waals surface area contributed by atoms with Gasteiger partial charge in [-0.2, -0.15) is 5.26 Å². The molecule has 0 aliphatic carbocycles. The molecule has 0 unspecified atom stereocenters. The molecule has 0 aromatic heterocycles. The summed E-state index contributed by atoms with van der Waals surface area (Å²) < 4.78 is 5.83. The topological polar surface area (TPSA) is 33.0 Å². The van der Waals surface area contributed by atoms with E-state index in [1.165, 1.54) is 0 Å². The van der Waals surface area contributed by atoms with E-state index >= 15 is 0 Å². The molecule has 0 radical (unpaired) electrons. The summed E-state index contributed by atoms with van der Waals surface area (Å²) >= 11 is 5.91. The molecule has 0 amide bonds. The highest BCUT2D eigenvalue weighted by Gasteiger charge is 2.06. The summed E-state index contributed by atoms with van der Waals surface area (Å²) in [4.78, 5) is 0. The molecule has 0 N–H and O–H groups in total. The van der Waals surface area contributed by atoms with E-state index in [1.807, 2.05) is 84.9 Å². The molecule has 29 heavy (non-hydrogen) atoms. The van der Waals surface area contributed by atoms with E-state index < -0.39 is 0 Å². The summed E-state index contributed by atoms with van der Waals surface area (Å²) in [7, 11) is 0. The standard InChI is InChI=1S/C26H18ClNO/c27-23-12-8-20(9-13-23)18-29-24-14-10-19(11-15-24)16-22(17-28)26-7-3-5-21-4-1-2-6-25(21)26/h1-16H,18H2/b22-16-. The Morgan fingerprint density at radius 3 is 2.34 bits per heavy atom. The first kappa shape index (κ1) is 18.8. The number of nitriles is 1. The van der Waals surface area contributed by atoms with Crippen molar-refractivity contribution in [1.82, 2.24) is 0 Å². The average Bonchev–Trinajstić information content (AvgIpc) is 2.77. The van der Waals surface area contributed by atoms with Crippen LogP contribution in [0.1, 0.15) is 16.7 Å². The van der Waals surface area contributed by atoms with Crippen molar-refractivity contribution >= 4 is 34.0 Å². The van der Waals surface area contributed by atoms with Crippen LogP contribution in [0.15, 0.2) is 91.0 Å². The fourth-order valence-corrected chi connectivity index (χ4v) is 3.33. The predicted octanol–water partition coefficient (Wildman–Crippen LogP) is 7.14. The molecule has 0 fully saturated rings. The number of nitrogens with zero attached hydrogens (tertiary/aromatic N) is 1. The van der Waals surface area contributed by atoms with Crippen LogP contribution in [0.3, 0.4) is 0 Å². The van der Waals surface area contributed by atoms with Crippen LogP contribution >= 0.6 is 11.6 Å². The fourth-order valence-electron chi connectivity index (χ4n) is 3.20. The second kappa shape index (κ2) is 8.65. The van der Waals surface area contributed by atoms with Crippen molar-refractivity contribution in [3.05, 3.63) is 113 Å². The van der Waals surface area contributed by atoms with Crippen LogP contribution in [-0.4, -0.2) is 0 Å². The Bertz CT molecular complexity index is 1200. The maximum absolute atomic E-state index is 9.73. The molecular formula is C26H18ClNO. The second-order valence-electron chi connectivity index (χ2n) is 6.68. The number of rotatable bonds is 5. The van der Waals surface area contributed by atoms with Crippen LogP contribution in [0, 0.1) is 11.3 Å². The Morgan fingerprint density at radius 1 is 0.862 bits per heavy atom. The number of halogens is 1. The monoisotopic (exact) mass is 395 g/mol. The minimum absolute atomic E-state index is 0.478. The number of hydrogen-bond donors (Lipinski definition) is 0. The summed E-state index contributed by atoms with van der Waals surface area (Å²) in [6.07, 6.45) is 1.91. The summed E-state index contributed by atoms with van der Waals surface area (Å²) in [5, 5.41) is 12.6. The van der Waals surface area contributed by atoms with Crippen molar-refractivity contribution in [1.29, 1.82) is 5.26 Å². The van der Waals surface area contributed by atoms with E-state index in [4.69, 9.17) is 16.3 Å². The molecular weight excluding hydrogens is 378 g/mol. The van der Waals surface area contributed by atoms with E-state index in [9.17, 15) is 5.26 Å². The quantitative estimate of drug-likeness (QED) is 0.266. The summed E-state index contributed by atoms with van der Waals surface area (Å²) in [6, 6.07) is 31.8. The largest absolute Gasteiger partial charge is 0.489 e. The summed E-state index contributed by atoms with van der Waals surface area (Å²) in [5.41, 5.74) is 3.58. The molecule has 0 heterocycles. The Kier molecular flexibility index (Phi) is 5.61. The van der Waals surface area contributed by atoms with E-state index in [-0.39, 0.29) is 0 Å². The number of fused-ring (bicyclic) bond motifs is 1. The first-order valence-electron chi connectivity index (χ1n) is 9.30. The van der Waals surface area contributed by atoms with Gasteiger partial charge in [0.15, 0.2) is 0 Å². The highest BCUT2D eigenvalue weighted by Crippen LogP contribution is 2.27. The van der Waals surface area contributed by atoms with Gasteiger partial charge in [-0.25, -0.2) is 0 Å². The predicted molar refractivity (Wildman–Crippen MR) is 120 cm³/mol. The van der Waals surface area contributed by atoms with Gasteiger partial charge >= 0.3 is 0 Å². The van der Waals surface area contributed by atoms with Gasteiger partial charge in [-0.15, -0.1) is 0 Å².